The quantitative estimate of drug-likeness (QED) is 0.193. The maximum atomic E-state index is 12.9. The molecule has 180 valence electrons. The lowest BCUT2D eigenvalue weighted by molar-refractivity contribution is -0.123. The van der Waals surface area contributed by atoms with Gasteiger partial charge in [-0.05, 0) is 94.9 Å². The number of methoxy groups -OCH3 is 1. The Morgan fingerprint density at radius 1 is 0.971 bits per heavy atom. The van der Waals surface area contributed by atoms with E-state index >= 15 is 0 Å². The van der Waals surface area contributed by atoms with Gasteiger partial charge in [-0.25, -0.2) is 0 Å². The third-order valence-corrected chi connectivity index (χ3v) is 8.00. The molecule has 1 aliphatic rings. The summed E-state index contributed by atoms with van der Waals surface area (Å²) in [5.74, 6) is -0.228. The molecule has 3 aromatic carbocycles. The molecule has 0 aromatic heterocycles. The minimum atomic E-state index is -4.11. The number of carbonyl (C=O) groups is 2. The van der Waals surface area contributed by atoms with Crippen molar-refractivity contribution in [2.24, 2.45) is 0 Å². The number of halogens is 1. The molecule has 4 rings (SSSR count). The van der Waals surface area contributed by atoms with E-state index in [2.05, 4.69) is 22.6 Å². The molecule has 2 amide bonds. The van der Waals surface area contributed by atoms with E-state index in [0.717, 1.165) is 26.5 Å². The van der Waals surface area contributed by atoms with Crippen molar-refractivity contribution in [3.63, 3.8) is 0 Å². The summed E-state index contributed by atoms with van der Waals surface area (Å²) in [4.78, 5) is 26.8. The highest BCUT2D eigenvalue weighted by Gasteiger charge is 2.35. The molecule has 1 heterocycles. The van der Waals surface area contributed by atoms with E-state index in [0.29, 0.717) is 5.56 Å². The summed E-state index contributed by atoms with van der Waals surface area (Å²) < 4.78 is 37.2. The number of carbonyl (C=O) groups excluding carboxylic acids is 2. The monoisotopic (exact) mass is 621 g/mol. The lowest BCUT2D eigenvalue weighted by Crippen LogP contribution is -2.27. The van der Waals surface area contributed by atoms with Gasteiger partial charge in [0.1, 0.15) is 4.90 Å². The predicted molar refractivity (Wildman–Crippen MR) is 143 cm³/mol. The fraction of sp³-hybridized carbons (Fsp3) is 0.120. The van der Waals surface area contributed by atoms with Crippen LogP contribution in [0.2, 0.25) is 0 Å². The molecule has 0 aliphatic carbocycles. The van der Waals surface area contributed by atoms with E-state index in [1.165, 1.54) is 36.3 Å². The molecule has 0 N–H and O–H groups in total. The summed E-state index contributed by atoms with van der Waals surface area (Å²) in [6, 6.07) is 18.5. The van der Waals surface area contributed by atoms with Crippen molar-refractivity contribution in [3.8, 4) is 11.5 Å². The van der Waals surface area contributed by atoms with E-state index in [1.54, 1.807) is 24.3 Å². The second-order valence-corrected chi connectivity index (χ2v) is 11.4. The zero-order chi connectivity index (χ0) is 25.2. The van der Waals surface area contributed by atoms with Crippen LogP contribution in [-0.4, -0.2) is 31.6 Å². The van der Waals surface area contributed by atoms with Gasteiger partial charge >= 0.3 is 10.1 Å². The Hall–Kier alpha value is -2.83. The minimum absolute atomic E-state index is 0.00674. The Morgan fingerprint density at radius 3 is 2.31 bits per heavy atom. The maximum absolute atomic E-state index is 12.9. The van der Waals surface area contributed by atoms with Crippen molar-refractivity contribution in [2.75, 3.05) is 7.11 Å². The molecular weight excluding hydrogens is 601 g/mol. The van der Waals surface area contributed by atoms with Crippen LogP contribution in [0.15, 0.2) is 76.5 Å². The first-order valence-electron chi connectivity index (χ1n) is 10.4. The van der Waals surface area contributed by atoms with E-state index in [1.807, 2.05) is 31.2 Å². The van der Waals surface area contributed by atoms with E-state index in [-0.39, 0.29) is 33.1 Å². The lowest BCUT2D eigenvalue weighted by Gasteiger charge is -2.13. The van der Waals surface area contributed by atoms with Crippen molar-refractivity contribution < 1.29 is 26.9 Å². The number of ether oxygens (including phenoxy) is 1. The number of aryl methyl sites for hydroxylation is 1. The molecule has 3 aromatic rings. The molecule has 0 saturated carbocycles. The zero-order valence-corrected chi connectivity index (χ0v) is 22.5. The van der Waals surface area contributed by atoms with Crippen LogP contribution < -0.4 is 8.92 Å². The largest absolute Gasteiger partial charge is 0.493 e. The standard InChI is InChI=1S/C25H20INO6S2/c1-16-3-10-20(11-4-16)35(30,31)33-22-13-18(7-12-21(22)32-2)14-23-24(28)27(25(29)34-23)15-17-5-8-19(26)9-6-17/h3-14H,15H2,1-2H3/b23-14-. The Kier molecular flexibility index (Phi) is 7.53. The third kappa shape index (κ3) is 5.88. The van der Waals surface area contributed by atoms with Crippen molar-refractivity contribution in [3.05, 3.63) is 91.9 Å². The normalized spacial score (nSPS) is 15.1. The summed E-state index contributed by atoms with van der Waals surface area (Å²) in [5.41, 5.74) is 2.24. The fourth-order valence-corrected chi connectivity index (χ4v) is 5.41. The van der Waals surface area contributed by atoms with Crippen molar-refractivity contribution in [1.82, 2.24) is 4.90 Å². The maximum Gasteiger partial charge on any atom is 0.339 e. The highest BCUT2D eigenvalue weighted by atomic mass is 127. The van der Waals surface area contributed by atoms with Gasteiger partial charge in [0.05, 0.1) is 18.6 Å². The predicted octanol–water partition coefficient (Wildman–Crippen LogP) is 5.61. The molecule has 0 atom stereocenters. The van der Waals surface area contributed by atoms with Gasteiger partial charge in [0, 0.05) is 3.57 Å². The number of nitrogens with zero attached hydrogens (tertiary/aromatic N) is 1. The summed E-state index contributed by atoms with van der Waals surface area (Å²) in [6.45, 7) is 2.02. The first-order chi connectivity index (χ1) is 16.7. The first kappa shape index (κ1) is 25.3. The number of rotatable bonds is 7. The molecular formula is C25H20INO6S2. The van der Waals surface area contributed by atoms with Crippen LogP contribution in [0.3, 0.4) is 0 Å². The average molecular weight is 621 g/mol. The SMILES string of the molecule is COc1ccc(/C=C2\SC(=O)N(Cc3ccc(I)cc3)C2=O)cc1OS(=O)(=O)c1ccc(C)cc1. The van der Waals surface area contributed by atoms with Crippen LogP contribution in [0.4, 0.5) is 4.79 Å². The Morgan fingerprint density at radius 2 is 1.66 bits per heavy atom. The van der Waals surface area contributed by atoms with Crippen LogP contribution in [-0.2, 0) is 21.5 Å². The van der Waals surface area contributed by atoms with Crippen molar-refractivity contribution in [1.29, 1.82) is 0 Å². The molecule has 0 radical (unpaired) electrons. The number of hydrogen-bond acceptors (Lipinski definition) is 7. The van der Waals surface area contributed by atoms with Gasteiger partial charge in [-0.2, -0.15) is 8.42 Å². The van der Waals surface area contributed by atoms with Gasteiger partial charge in [0.25, 0.3) is 11.1 Å². The van der Waals surface area contributed by atoms with Gasteiger partial charge in [-0.3, -0.25) is 14.5 Å². The third-order valence-electron chi connectivity index (χ3n) is 5.12. The van der Waals surface area contributed by atoms with E-state index in [9.17, 15) is 18.0 Å². The zero-order valence-electron chi connectivity index (χ0n) is 18.7. The van der Waals surface area contributed by atoms with Gasteiger partial charge in [0.2, 0.25) is 0 Å². The second kappa shape index (κ2) is 10.4. The molecule has 1 fully saturated rings. The van der Waals surface area contributed by atoms with Crippen molar-refractivity contribution >= 4 is 61.7 Å². The summed E-state index contributed by atoms with van der Waals surface area (Å²) in [5, 5.41) is -0.369. The number of imide groups is 1. The topological polar surface area (TPSA) is 90.0 Å². The molecule has 10 heteroatoms. The van der Waals surface area contributed by atoms with Gasteiger partial charge in [-0.15, -0.1) is 0 Å². The average Bonchev–Trinajstić information content (AvgIpc) is 3.08. The van der Waals surface area contributed by atoms with Crippen LogP contribution in [0, 0.1) is 10.5 Å². The number of thioether (sulfide) groups is 1. The first-order valence-corrected chi connectivity index (χ1v) is 13.7. The number of amides is 2. The Labute approximate surface area is 221 Å². The van der Waals surface area contributed by atoms with Crippen LogP contribution in [0.1, 0.15) is 16.7 Å². The van der Waals surface area contributed by atoms with Crippen LogP contribution in [0.5, 0.6) is 11.5 Å². The molecule has 35 heavy (non-hydrogen) atoms. The molecule has 0 spiro atoms. The van der Waals surface area contributed by atoms with Crippen LogP contribution >= 0.6 is 34.4 Å². The molecule has 0 bridgehead atoms. The van der Waals surface area contributed by atoms with Gasteiger partial charge < -0.3 is 8.92 Å². The van der Waals surface area contributed by atoms with E-state index < -0.39 is 16.0 Å². The fourth-order valence-electron chi connectivity index (χ4n) is 3.28. The summed E-state index contributed by atoms with van der Waals surface area (Å²) in [6.07, 6.45) is 1.53. The summed E-state index contributed by atoms with van der Waals surface area (Å²) in [7, 11) is -2.71. The number of hydrogen-bond donors (Lipinski definition) is 0. The highest BCUT2D eigenvalue weighted by molar-refractivity contribution is 14.1. The highest BCUT2D eigenvalue weighted by Crippen LogP contribution is 2.36. The lowest BCUT2D eigenvalue weighted by atomic mass is 10.1. The Bertz CT molecular complexity index is 1420. The van der Waals surface area contributed by atoms with Crippen LogP contribution in [0.25, 0.3) is 6.08 Å². The minimum Gasteiger partial charge on any atom is -0.493 e. The van der Waals surface area contributed by atoms with Gasteiger partial charge in [-0.1, -0.05) is 35.9 Å². The second-order valence-electron chi connectivity index (χ2n) is 7.66. The van der Waals surface area contributed by atoms with E-state index in [4.69, 9.17) is 8.92 Å². The summed E-state index contributed by atoms with van der Waals surface area (Å²) >= 11 is 3.02. The molecule has 7 nitrogen and oxygen atoms in total. The number of benzene rings is 3. The molecule has 1 aliphatic heterocycles. The Balaban J connectivity index is 1.58. The smallest absolute Gasteiger partial charge is 0.339 e. The van der Waals surface area contributed by atoms with Gasteiger partial charge in [0.15, 0.2) is 11.5 Å². The molecule has 1 saturated heterocycles. The molecule has 0 unspecified atom stereocenters. The van der Waals surface area contributed by atoms with Crippen molar-refractivity contribution in [2.45, 2.75) is 18.4 Å².